The van der Waals surface area contributed by atoms with Gasteiger partial charge in [0.1, 0.15) is 0 Å². The lowest BCUT2D eigenvalue weighted by Crippen LogP contribution is -2.27. The van der Waals surface area contributed by atoms with E-state index in [2.05, 4.69) is 4.72 Å². The van der Waals surface area contributed by atoms with E-state index in [-0.39, 0.29) is 11.0 Å². The van der Waals surface area contributed by atoms with Gasteiger partial charge in [-0.05, 0) is 37.5 Å². The fourth-order valence-corrected chi connectivity index (χ4v) is 3.09. The molecule has 1 saturated heterocycles. The Labute approximate surface area is 107 Å². The molecule has 0 saturated carbocycles. The highest BCUT2D eigenvalue weighted by Gasteiger charge is 2.18. The SMILES string of the molecule is Nc1cccc(S(=O)(=O)NCCC2CCCO2)c1. The summed E-state index contributed by atoms with van der Waals surface area (Å²) in [5.41, 5.74) is 6.01. The number of anilines is 1. The first-order chi connectivity index (χ1) is 8.58. The van der Waals surface area contributed by atoms with E-state index >= 15 is 0 Å². The third-order valence-corrected chi connectivity index (χ3v) is 4.41. The molecular formula is C12H18N2O3S. The maximum absolute atomic E-state index is 12.0. The third kappa shape index (κ3) is 3.44. The van der Waals surface area contributed by atoms with Gasteiger partial charge in [-0.3, -0.25) is 0 Å². The molecule has 5 nitrogen and oxygen atoms in total. The molecule has 3 N–H and O–H groups in total. The van der Waals surface area contributed by atoms with E-state index in [1.807, 2.05) is 0 Å². The average Bonchev–Trinajstić information content (AvgIpc) is 2.82. The van der Waals surface area contributed by atoms with Crippen LogP contribution in [0.4, 0.5) is 5.69 Å². The van der Waals surface area contributed by atoms with E-state index in [0.717, 1.165) is 19.4 Å². The van der Waals surface area contributed by atoms with Crippen molar-refractivity contribution in [3.05, 3.63) is 24.3 Å². The highest BCUT2D eigenvalue weighted by molar-refractivity contribution is 7.89. The van der Waals surface area contributed by atoms with Crippen LogP contribution in [0.25, 0.3) is 0 Å². The molecule has 100 valence electrons. The Bertz CT molecular complexity index is 496. The molecule has 0 radical (unpaired) electrons. The Morgan fingerprint density at radius 1 is 1.44 bits per heavy atom. The molecule has 1 aliphatic heterocycles. The minimum atomic E-state index is -3.46. The van der Waals surface area contributed by atoms with Crippen molar-refractivity contribution in [1.82, 2.24) is 4.72 Å². The number of nitrogens with two attached hydrogens (primary N) is 1. The second-order valence-electron chi connectivity index (χ2n) is 4.39. The van der Waals surface area contributed by atoms with Crippen molar-refractivity contribution < 1.29 is 13.2 Å². The largest absolute Gasteiger partial charge is 0.399 e. The summed E-state index contributed by atoms with van der Waals surface area (Å²) in [7, 11) is -3.46. The number of benzene rings is 1. The van der Waals surface area contributed by atoms with Gasteiger partial charge in [-0.15, -0.1) is 0 Å². The Hall–Kier alpha value is -1.11. The van der Waals surface area contributed by atoms with Gasteiger partial charge >= 0.3 is 0 Å². The summed E-state index contributed by atoms with van der Waals surface area (Å²) in [6, 6.07) is 6.27. The fraction of sp³-hybridized carbons (Fsp3) is 0.500. The molecular weight excluding hydrogens is 252 g/mol. The molecule has 1 aromatic rings. The van der Waals surface area contributed by atoms with E-state index in [4.69, 9.17) is 10.5 Å². The summed E-state index contributed by atoms with van der Waals surface area (Å²) < 4.78 is 31.9. The molecule has 1 aromatic carbocycles. The van der Waals surface area contributed by atoms with Crippen molar-refractivity contribution in [2.45, 2.75) is 30.3 Å². The molecule has 2 rings (SSSR count). The number of rotatable bonds is 5. The third-order valence-electron chi connectivity index (χ3n) is 2.95. The highest BCUT2D eigenvalue weighted by Crippen LogP contribution is 2.16. The molecule has 1 aliphatic rings. The van der Waals surface area contributed by atoms with Gasteiger partial charge < -0.3 is 10.5 Å². The molecule has 1 fully saturated rings. The lowest BCUT2D eigenvalue weighted by Gasteiger charge is -2.10. The van der Waals surface area contributed by atoms with Crippen molar-refractivity contribution in [3.8, 4) is 0 Å². The fourth-order valence-electron chi connectivity index (χ4n) is 1.99. The standard InChI is InChI=1S/C12H18N2O3S/c13-10-3-1-5-12(9-10)18(15,16)14-7-6-11-4-2-8-17-11/h1,3,5,9,11,14H,2,4,6-8,13H2. The highest BCUT2D eigenvalue weighted by atomic mass is 32.2. The monoisotopic (exact) mass is 270 g/mol. The quantitative estimate of drug-likeness (QED) is 0.785. The Balaban J connectivity index is 1.90. The van der Waals surface area contributed by atoms with Crippen LogP contribution in [0.2, 0.25) is 0 Å². The van der Waals surface area contributed by atoms with E-state index in [9.17, 15) is 8.42 Å². The van der Waals surface area contributed by atoms with Gasteiger partial charge in [0.25, 0.3) is 0 Å². The minimum absolute atomic E-state index is 0.188. The first kappa shape index (κ1) is 13.3. The lowest BCUT2D eigenvalue weighted by molar-refractivity contribution is 0.105. The molecule has 6 heteroatoms. The first-order valence-electron chi connectivity index (χ1n) is 6.05. The van der Waals surface area contributed by atoms with Crippen molar-refractivity contribution in [1.29, 1.82) is 0 Å². The lowest BCUT2D eigenvalue weighted by atomic mass is 10.2. The Morgan fingerprint density at radius 3 is 2.94 bits per heavy atom. The smallest absolute Gasteiger partial charge is 0.240 e. The van der Waals surface area contributed by atoms with Gasteiger partial charge in [-0.2, -0.15) is 0 Å². The van der Waals surface area contributed by atoms with Crippen molar-refractivity contribution >= 4 is 15.7 Å². The van der Waals surface area contributed by atoms with Crippen molar-refractivity contribution in [2.75, 3.05) is 18.9 Å². The van der Waals surface area contributed by atoms with Crippen molar-refractivity contribution in [2.24, 2.45) is 0 Å². The second kappa shape index (κ2) is 5.69. The van der Waals surface area contributed by atoms with Gasteiger partial charge in [0.15, 0.2) is 0 Å². The maximum atomic E-state index is 12.0. The Morgan fingerprint density at radius 2 is 2.28 bits per heavy atom. The number of hydrogen-bond donors (Lipinski definition) is 2. The topological polar surface area (TPSA) is 81.4 Å². The van der Waals surface area contributed by atoms with Crippen LogP contribution < -0.4 is 10.5 Å². The average molecular weight is 270 g/mol. The molecule has 0 bridgehead atoms. The van der Waals surface area contributed by atoms with Crippen LogP contribution >= 0.6 is 0 Å². The van der Waals surface area contributed by atoms with Crippen LogP contribution in [0.1, 0.15) is 19.3 Å². The second-order valence-corrected chi connectivity index (χ2v) is 6.16. The van der Waals surface area contributed by atoms with E-state index < -0.39 is 10.0 Å². The van der Waals surface area contributed by atoms with Gasteiger partial charge in [0, 0.05) is 18.8 Å². The van der Waals surface area contributed by atoms with E-state index in [1.165, 1.54) is 12.1 Å². The summed E-state index contributed by atoms with van der Waals surface area (Å²) in [6.45, 7) is 1.18. The van der Waals surface area contributed by atoms with Crippen LogP contribution in [0.15, 0.2) is 29.2 Å². The minimum Gasteiger partial charge on any atom is -0.399 e. The van der Waals surface area contributed by atoms with Crippen LogP contribution in [-0.4, -0.2) is 27.7 Å². The summed E-state index contributed by atoms with van der Waals surface area (Å²) in [6.07, 6.45) is 2.97. The van der Waals surface area contributed by atoms with Gasteiger partial charge in [0.2, 0.25) is 10.0 Å². The zero-order chi connectivity index (χ0) is 13.0. The molecule has 0 spiro atoms. The molecule has 1 heterocycles. The van der Waals surface area contributed by atoms with Gasteiger partial charge in [-0.25, -0.2) is 13.1 Å². The predicted octanol–water partition coefficient (Wildman–Crippen LogP) is 1.12. The van der Waals surface area contributed by atoms with Crippen LogP contribution in [0.5, 0.6) is 0 Å². The molecule has 1 unspecified atom stereocenters. The molecule has 0 aliphatic carbocycles. The molecule has 1 atom stereocenters. The van der Waals surface area contributed by atoms with Gasteiger partial charge in [-0.1, -0.05) is 6.07 Å². The first-order valence-corrected chi connectivity index (χ1v) is 7.53. The summed E-state index contributed by atoms with van der Waals surface area (Å²) in [4.78, 5) is 0.204. The maximum Gasteiger partial charge on any atom is 0.240 e. The number of nitrogen functional groups attached to an aromatic ring is 1. The van der Waals surface area contributed by atoms with E-state index in [0.29, 0.717) is 18.7 Å². The normalized spacial score (nSPS) is 20.1. The molecule has 18 heavy (non-hydrogen) atoms. The van der Waals surface area contributed by atoms with Crippen LogP contribution in [-0.2, 0) is 14.8 Å². The number of ether oxygens (including phenoxy) is 1. The predicted molar refractivity (Wildman–Crippen MR) is 69.6 cm³/mol. The van der Waals surface area contributed by atoms with E-state index in [1.54, 1.807) is 12.1 Å². The zero-order valence-corrected chi connectivity index (χ0v) is 10.9. The molecule has 0 amide bonds. The summed E-state index contributed by atoms with van der Waals surface area (Å²) in [5.74, 6) is 0. The number of hydrogen-bond acceptors (Lipinski definition) is 4. The number of sulfonamides is 1. The number of nitrogens with one attached hydrogen (secondary N) is 1. The summed E-state index contributed by atoms with van der Waals surface area (Å²) in [5, 5.41) is 0. The van der Waals surface area contributed by atoms with Crippen LogP contribution in [0, 0.1) is 0 Å². The van der Waals surface area contributed by atoms with Crippen molar-refractivity contribution in [3.63, 3.8) is 0 Å². The van der Waals surface area contributed by atoms with Gasteiger partial charge in [0.05, 0.1) is 11.0 Å². The summed E-state index contributed by atoms with van der Waals surface area (Å²) >= 11 is 0. The zero-order valence-electron chi connectivity index (χ0n) is 10.1. The molecule has 0 aromatic heterocycles. The van der Waals surface area contributed by atoms with Crippen LogP contribution in [0.3, 0.4) is 0 Å². The Kier molecular flexibility index (Phi) is 4.21.